The van der Waals surface area contributed by atoms with E-state index in [1.54, 1.807) is 73.8 Å². The van der Waals surface area contributed by atoms with E-state index < -0.39 is 17.7 Å². The Morgan fingerprint density at radius 1 is 0.789 bits per heavy atom. The van der Waals surface area contributed by atoms with Gasteiger partial charge in [0, 0.05) is 6.07 Å². The SMILES string of the molecule is COc1ccc(OCCN2C(=O)C(=O)/C(=C(\O)c3ccc(OC)cc3OC)C2c2cccc(OC)c2)cc1. The third-order valence-corrected chi connectivity index (χ3v) is 6.27. The molecule has 0 saturated carbocycles. The lowest BCUT2D eigenvalue weighted by atomic mass is 9.94. The highest BCUT2D eigenvalue weighted by Gasteiger charge is 2.46. The standard InChI is InChI=1S/C29H29NO8/c1-34-19-8-10-20(11-9-19)38-15-14-30-26(18-6-5-7-21(16-18)35-2)25(28(32)29(30)33)27(31)23-13-12-22(36-3)17-24(23)37-4/h5-13,16-17,26,31H,14-15H2,1-4H3/b27-25-. The van der Waals surface area contributed by atoms with Crippen molar-refractivity contribution in [3.8, 4) is 28.7 Å². The normalized spacial score (nSPS) is 16.3. The molecule has 1 unspecified atom stereocenters. The van der Waals surface area contributed by atoms with Crippen LogP contribution in [0.1, 0.15) is 17.2 Å². The topological polar surface area (TPSA) is 104 Å². The van der Waals surface area contributed by atoms with E-state index >= 15 is 0 Å². The molecule has 0 aromatic heterocycles. The van der Waals surface area contributed by atoms with Crippen LogP contribution < -0.4 is 23.7 Å². The fraction of sp³-hybridized carbons (Fsp3) is 0.241. The van der Waals surface area contributed by atoms with Gasteiger partial charge in [-0.15, -0.1) is 0 Å². The summed E-state index contributed by atoms with van der Waals surface area (Å²) >= 11 is 0. The van der Waals surface area contributed by atoms with Crippen molar-refractivity contribution >= 4 is 17.4 Å². The average molecular weight is 520 g/mol. The van der Waals surface area contributed by atoms with Gasteiger partial charge < -0.3 is 33.7 Å². The van der Waals surface area contributed by atoms with Gasteiger partial charge >= 0.3 is 0 Å². The highest BCUT2D eigenvalue weighted by molar-refractivity contribution is 6.46. The number of Topliss-reactive ketones (excluding diaryl/α,β-unsaturated/α-hetero) is 1. The van der Waals surface area contributed by atoms with Crippen molar-refractivity contribution in [3.63, 3.8) is 0 Å². The number of aliphatic hydroxyl groups is 1. The van der Waals surface area contributed by atoms with Crippen LogP contribution in [-0.4, -0.2) is 63.3 Å². The van der Waals surface area contributed by atoms with Gasteiger partial charge in [-0.1, -0.05) is 12.1 Å². The molecule has 1 heterocycles. The predicted molar refractivity (Wildman–Crippen MR) is 140 cm³/mol. The zero-order valence-corrected chi connectivity index (χ0v) is 21.6. The van der Waals surface area contributed by atoms with E-state index in [-0.39, 0.29) is 30.0 Å². The van der Waals surface area contributed by atoms with Gasteiger partial charge in [0.15, 0.2) is 0 Å². The number of nitrogens with zero attached hydrogens (tertiary/aromatic N) is 1. The largest absolute Gasteiger partial charge is 0.507 e. The molecule has 0 spiro atoms. The molecule has 1 atom stereocenters. The van der Waals surface area contributed by atoms with E-state index in [1.807, 2.05) is 0 Å². The smallest absolute Gasteiger partial charge is 0.295 e. The number of ether oxygens (including phenoxy) is 5. The number of ketones is 1. The van der Waals surface area contributed by atoms with E-state index in [0.717, 1.165) is 0 Å². The molecule has 1 amide bonds. The van der Waals surface area contributed by atoms with Gasteiger partial charge in [0.2, 0.25) is 0 Å². The van der Waals surface area contributed by atoms with Crippen LogP contribution in [0.15, 0.2) is 72.3 Å². The Balaban J connectivity index is 1.73. The van der Waals surface area contributed by atoms with E-state index in [4.69, 9.17) is 23.7 Å². The molecular weight excluding hydrogens is 490 g/mol. The summed E-state index contributed by atoms with van der Waals surface area (Å²) in [5, 5.41) is 11.4. The minimum Gasteiger partial charge on any atom is -0.507 e. The van der Waals surface area contributed by atoms with Crippen molar-refractivity contribution in [2.75, 3.05) is 41.6 Å². The van der Waals surface area contributed by atoms with Gasteiger partial charge in [-0.2, -0.15) is 0 Å². The fourth-order valence-electron chi connectivity index (χ4n) is 4.34. The summed E-state index contributed by atoms with van der Waals surface area (Å²) in [4.78, 5) is 28.0. The first-order chi connectivity index (χ1) is 18.4. The maximum absolute atomic E-state index is 13.3. The lowest BCUT2D eigenvalue weighted by molar-refractivity contribution is -0.140. The molecule has 1 fully saturated rings. The second-order valence-corrected chi connectivity index (χ2v) is 8.36. The summed E-state index contributed by atoms with van der Waals surface area (Å²) in [5.41, 5.74) is 0.798. The number of aliphatic hydroxyl groups excluding tert-OH is 1. The molecule has 1 saturated heterocycles. The molecule has 4 rings (SSSR count). The molecule has 1 aliphatic rings. The van der Waals surface area contributed by atoms with Crippen LogP contribution in [0.4, 0.5) is 0 Å². The molecule has 0 aliphatic carbocycles. The molecule has 1 aliphatic heterocycles. The van der Waals surface area contributed by atoms with Gasteiger partial charge in [-0.05, 0) is 54.1 Å². The number of carbonyl (C=O) groups excluding carboxylic acids is 2. The third kappa shape index (κ3) is 5.22. The molecule has 0 bridgehead atoms. The van der Waals surface area contributed by atoms with E-state index in [0.29, 0.717) is 34.3 Å². The van der Waals surface area contributed by atoms with Crippen LogP contribution in [-0.2, 0) is 9.59 Å². The molecule has 9 heteroatoms. The number of hydrogen-bond acceptors (Lipinski definition) is 8. The summed E-state index contributed by atoms with van der Waals surface area (Å²) in [6, 6.07) is 18.0. The zero-order valence-electron chi connectivity index (χ0n) is 21.6. The molecule has 1 N–H and O–H groups in total. The summed E-state index contributed by atoms with van der Waals surface area (Å²) in [6.07, 6.45) is 0. The van der Waals surface area contributed by atoms with Crippen LogP contribution in [0.2, 0.25) is 0 Å². The van der Waals surface area contributed by atoms with Crippen molar-refractivity contribution in [2.24, 2.45) is 0 Å². The lowest BCUT2D eigenvalue weighted by Gasteiger charge is -2.25. The van der Waals surface area contributed by atoms with Crippen LogP contribution in [0, 0.1) is 0 Å². The van der Waals surface area contributed by atoms with Crippen LogP contribution in [0.5, 0.6) is 28.7 Å². The van der Waals surface area contributed by atoms with Crippen molar-refractivity contribution in [3.05, 3.63) is 83.4 Å². The van der Waals surface area contributed by atoms with Crippen LogP contribution >= 0.6 is 0 Å². The number of amides is 1. The fourth-order valence-corrected chi connectivity index (χ4v) is 4.34. The van der Waals surface area contributed by atoms with Crippen molar-refractivity contribution < 1.29 is 38.4 Å². The highest BCUT2D eigenvalue weighted by Crippen LogP contribution is 2.42. The second-order valence-electron chi connectivity index (χ2n) is 8.36. The average Bonchev–Trinajstić information content (AvgIpc) is 3.21. The Bertz CT molecular complexity index is 1350. The molecule has 0 radical (unpaired) electrons. The number of carbonyl (C=O) groups is 2. The Morgan fingerprint density at radius 2 is 1.42 bits per heavy atom. The number of rotatable bonds is 10. The number of hydrogen-bond donors (Lipinski definition) is 1. The first-order valence-corrected chi connectivity index (χ1v) is 11.8. The van der Waals surface area contributed by atoms with E-state index in [1.165, 1.54) is 26.2 Å². The highest BCUT2D eigenvalue weighted by atomic mass is 16.5. The Kier molecular flexibility index (Phi) is 8.06. The zero-order chi connectivity index (χ0) is 27.2. The first kappa shape index (κ1) is 26.4. The molecular formula is C29H29NO8. The molecule has 3 aromatic rings. The Hall–Kier alpha value is -4.66. The maximum Gasteiger partial charge on any atom is 0.295 e. The second kappa shape index (κ2) is 11.6. The van der Waals surface area contributed by atoms with Gasteiger partial charge in [0.1, 0.15) is 41.1 Å². The monoisotopic (exact) mass is 519 g/mol. The Morgan fingerprint density at radius 3 is 2.08 bits per heavy atom. The van der Waals surface area contributed by atoms with Crippen LogP contribution in [0.3, 0.4) is 0 Å². The van der Waals surface area contributed by atoms with Gasteiger partial charge in [-0.25, -0.2) is 0 Å². The summed E-state index contributed by atoms with van der Waals surface area (Å²) in [7, 11) is 6.06. The first-order valence-electron chi connectivity index (χ1n) is 11.8. The lowest BCUT2D eigenvalue weighted by Crippen LogP contribution is -2.33. The number of methoxy groups -OCH3 is 4. The van der Waals surface area contributed by atoms with Crippen molar-refractivity contribution in [1.29, 1.82) is 0 Å². The number of benzene rings is 3. The molecule has 9 nitrogen and oxygen atoms in total. The molecule has 38 heavy (non-hydrogen) atoms. The summed E-state index contributed by atoms with van der Waals surface area (Å²) in [6.45, 7) is 0.209. The van der Waals surface area contributed by atoms with Crippen LogP contribution in [0.25, 0.3) is 5.76 Å². The van der Waals surface area contributed by atoms with E-state index in [9.17, 15) is 14.7 Å². The van der Waals surface area contributed by atoms with E-state index in [2.05, 4.69) is 0 Å². The van der Waals surface area contributed by atoms with Crippen molar-refractivity contribution in [1.82, 2.24) is 4.90 Å². The number of likely N-dealkylation sites (tertiary alicyclic amines) is 1. The maximum atomic E-state index is 13.3. The Labute approximate surface area is 220 Å². The minimum absolute atomic E-state index is 0.0591. The quantitative estimate of drug-likeness (QED) is 0.241. The minimum atomic E-state index is -0.878. The molecule has 198 valence electrons. The predicted octanol–water partition coefficient (Wildman–Crippen LogP) is 4.22. The summed E-state index contributed by atoms with van der Waals surface area (Å²) < 4.78 is 27.0. The van der Waals surface area contributed by atoms with Gasteiger partial charge in [0.05, 0.1) is 52.2 Å². The summed E-state index contributed by atoms with van der Waals surface area (Å²) in [5.74, 6) is 0.721. The van der Waals surface area contributed by atoms with Gasteiger partial charge in [0.25, 0.3) is 11.7 Å². The molecule has 3 aromatic carbocycles. The van der Waals surface area contributed by atoms with Crippen molar-refractivity contribution in [2.45, 2.75) is 6.04 Å². The van der Waals surface area contributed by atoms with Gasteiger partial charge in [-0.3, -0.25) is 9.59 Å². The third-order valence-electron chi connectivity index (χ3n) is 6.27.